The fourth-order valence-corrected chi connectivity index (χ4v) is 2.09. The Morgan fingerprint density at radius 2 is 1.73 bits per heavy atom. The highest BCUT2D eigenvalue weighted by Gasteiger charge is 1.99. The lowest BCUT2D eigenvalue weighted by molar-refractivity contribution is -0.139. The highest BCUT2D eigenvalue weighted by atomic mass is 32.1. The number of carboxylic acid groups (broad SMARTS) is 1. The van der Waals surface area contributed by atoms with Crippen LogP contribution in [0.4, 0.5) is 5.69 Å². The Labute approximate surface area is 156 Å². The molecular weight excluding hydrogens is 354 g/mol. The fraction of sp³-hybridized carbons (Fsp3) is 0.167. The highest BCUT2D eigenvalue weighted by Crippen LogP contribution is 2.15. The minimum Gasteiger partial charge on any atom is -0.494 e. The molecule has 26 heavy (non-hydrogen) atoms. The first-order chi connectivity index (χ1) is 12.6. The molecule has 8 heteroatoms. The molecule has 3 N–H and O–H groups in total. The summed E-state index contributed by atoms with van der Waals surface area (Å²) in [6.45, 7) is 2.18. The van der Waals surface area contributed by atoms with Gasteiger partial charge in [0, 0.05) is 5.69 Å². The van der Waals surface area contributed by atoms with Crippen LogP contribution in [0.1, 0.15) is 12.5 Å². The summed E-state index contributed by atoms with van der Waals surface area (Å²) in [6.07, 6.45) is 1.59. The van der Waals surface area contributed by atoms with Crippen LogP contribution in [-0.2, 0) is 4.79 Å². The number of hydrazone groups is 1. The van der Waals surface area contributed by atoms with Gasteiger partial charge in [0.05, 0.1) is 12.8 Å². The maximum atomic E-state index is 10.4. The van der Waals surface area contributed by atoms with Gasteiger partial charge in [-0.05, 0) is 73.2 Å². The van der Waals surface area contributed by atoms with Gasteiger partial charge in [0.15, 0.2) is 11.7 Å². The van der Waals surface area contributed by atoms with E-state index in [1.165, 1.54) is 0 Å². The van der Waals surface area contributed by atoms with Gasteiger partial charge in [-0.3, -0.25) is 5.43 Å². The summed E-state index contributed by atoms with van der Waals surface area (Å²) in [7, 11) is 0. The van der Waals surface area contributed by atoms with Crippen molar-refractivity contribution in [1.82, 2.24) is 5.43 Å². The number of thiocarbonyl (C=S) groups is 1. The van der Waals surface area contributed by atoms with E-state index in [2.05, 4.69) is 15.8 Å². The molecule has 0 heterocycles. The number of benzene rings is 2. The molecule has 7 nitrogen and oxygen atoms in total. The van der Waals surface area contributed by atoms with E-state index in [0.717, 1.165) is 17.0 Å². The Morgan fingerprint density at radius 1 is 1.12 bits per heavy atom. The third-order valence-electron chi connectivity index (χ3n) is 3.05. The number of anilines is 1. The maximum absolute atomic E-state index is 10.4. The van der Waals surface area contributed by atoms with Crippen molar-refractivity contribution >= 4 is 35.2 Å². The SMILES string of the molecule is CCOc1ccc(NC(=S)N/N=C\c2ccc(OCC(=O)O)cc2)cc1. The van der Waals surface area contributed by atoms with Crippen molar-refractivity contribution in [2.24, 2.45) is 5.10 Å². The van der Waals surface area contributed by atoms with E-state index < -0.39 is 5.97 Å². The van der Waals surface area contributed by atoms with Gasteiger partial charge in [0.2, 0.25) is 0 Å². The Hall–Kier alpha value is -3.13. The molecule has 0 saturated carbocycles. The van der Waals surface area contributed by atoms with Crippen LogP contribution in [-0.4, -0.2) is 35.6 Å². The molecule has 2 aromatic rings. The molecule has 0 saturated heterocycles. The van der Waals surface area contributed by atoms with Crippen molar-refractivity contribution in [3.05, 3.63) is 54.1 Å². The Morgan fingerprint density at radius 3 is 2.35 bits per heavy atom. The van der Waals surface area contributed by atoms with Crippen LogP contribution in [0.25, 0.3) is 0 Å². The largest absolute Gasteiger partial charge is 0.494 e. The minimum atomic E-state index is -1.02. The zero-order chi connectivity index (χ0) is 18.8. The van der Waals surface area contributed by atoms with Crippen LogP contribution >= 0.6 is 12.2 Å². The van der Waals surface area contributed by atoms with E-state index >= 15 is 0 Å². The molecule has 0 aliphatic heterocycles. The van der Waals surface area contributed by atoms with Gasteiger partial charge in [0.1, 0.15) is 11.5 Å². The van der Waals surface area contributed by atoms with Crippen molar-refractivity contribution in [2.75, 3.05) is 18.5 Å². The number of hydrogen-bond acceptors (Lipinski definition) is 5. The summed E-state index contributed by atoms with van der Waals surface area (Å²) in [4.78, 5) is 10.4. The molecule has 136 valence electrons. The quantitative estimate of drug-likeness (QED) is 0.372. The molecule has 0 radical (unpaired) electrons. The van der Waals surface area contributed by atoms with E-state index in [-0.39, 0.29) is 6.61 Å². The van der Waals surface area contributed by atoms with Crippen LogP contribution < -0.4 is 20.2 Å². The van der Waals surface area contributed by atoms with Crippen molar-refractivity contribution < 1.29 is 19.4 Å². The van der Waals surface area contributed by atoms with Crippen LogP contribution in [0, 0.1) is 0 Å². The highest BCUT2D eigenvalue weighted by molar-refractivity contribution is 7.80. The average molecular weight is 373 g/mol. The Bertz CT molecular complexity index is 761. The lowest BCUT2D eigenvalue weighted by Crippen LogP contribution is -2.23. The van der Waals surface area contributed by atoms with Crippen LogP contribution in [0.3, 0.4) is 0 Å². The number of carbonyl (C=O) groups is 1. The molecule has 0 unspecified atom stereocenters. The molecule has 0 aliphatic carbocycles. The van der Waals surface area contributed by atoms with Crippen LogP contribution in [0.2, 0.25) is 0 Å². The van der Waals surface area contributed by atoms with Crippen LogP contribution in [0.15, 0.2) is 53.6 Å². The first kappa shape index (κ1) is 19.2. The lowest BCUT2D eigenvalue weighted by atomic mass is 10.2. The molecule has 0 fully saturated rings. The number of rotatable bonds is 8. The number of ether oxygens (including phenoxy) is 2. The number of nitrogens with zero attached hydrogens (tertiary/aromatic N) is 1. The third kappa shape index (κ3) is 6.78. The van der Waals surface area contributed by atoms with E-state index in [1.807, 2.05) is 31.2 Å². The summed E-state index contributed by atoms with van der Waals surface area (Å²) >= 11 is 5.17. The number of hydrogen-bond donors (Lipinski definition) is 3. The molecule has 0 bridgehead atoms. The summed E-state index contributed by atoms with van der Waals surface area (Å²) in [5.74, 6) is 0.254. The van der Waals surface area contributed by atoms with Crippen molar-refractivity contribution in [3.8, 4) is 11.5 Å². The molecule has 2 aromatic carbocycles. The van der Waals surface area contributed by atoms with Crippen molar-refractivity contribution in [1.29, 1.82) is 0 Å². The average Bonchev–Trinajstić information content (AvgIpc) is 2.63. The zero-order valence-electron chi connectivity index (χ0n) is 14.1. The van der Waals surface area contributed by atoms with Gasteiger partial charge in [-0.1, -0.05) is 0 Å². The van der Waals surface area contributed by atoms with Crippen molar-refractivity contribution in [3.63, 3.8) is 0 Å². The Balaban J connectivity index is 1.79. The van der Waals surface area contributed by atoms with Gasteiger partial charge in [0.25, 0.3) is 0 Å². The minimum absolute atomic E-state index is 0.354. The first-order valence-corrected chi connectivity index (χ1v) is 8.25. The van der Waals surface area contributed by atoms with E-state index in [0.29, 0.717) is 17.5 Å². The zero-order valence-corrected chi connectivity index (χ0v) is 15.0. The predicted molar refractivity (Wildman–Crippen MR) is 104 cm³/mol. The van der Waals surface area contributed by atoms with Gasteiger partial charge >= 0.3 is 5.97 Å². The van der Waals surface area contributed by atoms with Gasteiger partial charge in [-0.25, -0.2) is 4.79 Å². The molecular formula is C18H19N3O4S. The van der Waals surface area contributed by atoms with Gasteiger partial charge in [-0.15, -0.1) is 0 Å². The topological polar surface area (TPSA) is 92.2 Å². The van der Waals surface area contributed by atoms with Gasteiger partial charge < -0.3 is 19.9 Å². The molecule has 0 amide bonds. The summed E-state index contributed by atoms with van der Waals surface area (Å²) < 4.78 is 10.4. The third-order valence-corrected chi connectivity index (χ3v) is 3.24. The molecule has 2 rings (SSSR count). The molecule has 0 atom stereocenters. The Kier molecular flexibility index (Phi) is 7.38. The normalized spacial score (nSPS) is 10.3. The number of carboxylic acids is 1. The molecule has 0 spiro atoms. The molecule has 0 aliphatic rings. The number of aliphatic carboxylic acids is 1. The predicted octanol–water partition coefficient (Wildman–Crippen LogP) is 2.87. The second-order valence-corrected chi connectivity index (χ2v) is 5.44. The standard InChI is InChI=1S/C18H19N3O4S/c1-2-24-15-9-5-14(6-10-15)20-18(26)21-19-11-13-3-7-16(8-4-13)25-12-17(22)23/h3-11H,2,12H2,1H3,(H,22,23)(H2,20,21,26)/b19-11-. The second kappa shape index (κ2) is 10.00. The smallest absolute Gasteiger partial charge is 0.341 e. The summed E-state index contributed by atoms with van der Waals surface area (Å²) in [5.41, 5.74) is 4.35. The monoisotopic (exact) mass is 373 g/mol. The van der Waals surface area contributed by atoms with Crippen LogP contribution in [0.5, 0.6) is 11.5 Å². The lowest BCUT2D eigenvalue weighted by Gasteiger charge is -2.08. The van der Waals surface area contributed by atoms with E-state index in [4.69, 9.17) is 26.8 Å². The van der Waals surface area contributed by atoms with E-state index in [1.54, 1.807) is 30.5 Å². The van der Waals surface area contributed by atoms with Crippen molar-refractivity contribution in [2.45, 2.75) is 6.92 Å². The fourth-order valence-electron chi connectivity index (χ4n) is 1.92. The van der Waals surface area contributed by atoms with Gasteiger partial charge in [-0.2, -0.15) is 5.10 Å². The molecule has 0 aromatic heterocycles. The number of nitrogens with one attached hydrogen (secondary N) is 2. The second-order valence-electron chi connectivity index (χ2n) is 5.03. The van der Waals surface area contributed by atoms with E-state index in [9.17, 15) is 4.79 Å². The first-order valence-electron chi connectivity index (χ1n) is 7.84. The maximum Gasteiger partial charge on any atom is 0.341 e. The summed E-state index contributed by atoms with van der Waals surface area (Å²) in [5, 5.41) is 16.0. The summed E-state index contributed by atoms with van der Waals surface area (Å²) in [6, 6.07) is 14.3.